The average Bonchev–Trinajstić information content (AvgIpc) is 2.40. The first kappa shape index (κ1) is 15.1. The van der Waals surface area contributed by atoms with Crippen LogP contribution in [0.25, 0.3) is 0 Å². The van der Waals surface area contributed by atoms with E-state index in [4.69, 9.17) is 4.74 Å². The Labute approximate surface area is 120 Å². The van der Waals surface area contributed by atoms with E-state index in [2.05, 4.69) is 10.0 Å². The Kier molecular flexibility index (Phi) is 4.88. The van der Waals surface area contributed by atoms with Crippen molar-refractivity contribution in [3.63, 3.8) is 0 Å². The van der Waals surface area contributed by atoms with Crippen molar-refractivity contribution in [1.29, 1.82) is 0 Å². The fourth-order valence-electron chi connectivity index (χ4n) is 2.61. The molecule has 20 heavy (non-hydrogen) atoms. The Bertz CT molecular complexity index is 545. The van der Waals surface area contributed by atoms with Gasteiger partial charge in [0.25, 0.3) is 0 Å². The van der Waals surface area contributed by atoms with Gasteiger partial charge in [0, 0.05) is 13.2 Å². The predicted octanol–water partition coefficient (Wildman–Crippen LogP) is 2.43. The molecule has 2 unspecified atom stereocenters. The molecule has 0 saturated heterocycles. The van der Waals surface area contributed by atoms with E-state index in [1.54, 1.807) is 13.2 Å². The normalized spacial score (nSPS) is 23.3. The summed E-state index contributed by atoms with van der Waals surface area (Å²) in [6.45, 7) is 0. The average molecular weight is 298 g/mol. The van der Waals surface area contributed by atoms with E-state index < -0.39 is 10.0 Å². The van der Waals surface area contributed by atoms with Crippen LogP contribution in [0.3, 0.4) is 0 Å². The molecule has 2 atom stereocenters. The molecule has 0 bridgehead atoms. The molecule has 0 radical (unpaired) electrons. The molecule has 1 aromatic rings. The quantitative estimate of drug-likeness (QED) is 0.876. The van der Waals surface area contributed by atoms with Gasteiger partial charge in [0.2, 0.25) is 10.0 Å². The Morgan fingerprint density at radius 1 is 1.20 bits per heavy atom. The Morgan fingerprint density at radius 3 is 2.55 bits per heavy atom. The molecular formula is C14H22N2O3S. The van der Waals surface area contributed by atoms with Gasteiger partial charge >= 0.3 is 0 Å². The van der Waals surface area contributed by atoms with Crippen LogP contribution in [-0.4, -0.2) is 33.9 Å². The number of hydrogen-bond acceptors (Lipinski definition) is 4. The number of sulfonamides is 1. The number of ether oxygens (including phenoxy) is 1. The molecule has 0 heterocycles. The van der Waals surface area contributed by atoms with Gasteiger partial charge in [-0.05, 0) is 37.8 Å². The minimum Gasteiger partial charge on any atom is -0.381 e. The van der Waals surface area contributed by atoms with Gasteiger partial charge in [-0.15, -0.1) is 0 Å². The van der Waals surface area contributed by atoms with Crippen LogP contribution in [0.5, 0.6) is 0 Å². The SMILES string of the molecule is COC1CCCC(Nc2ccccc2NS(C)(=O)=O)C1. The molecule has 2 rings (SSSR count). The van der Waals surface area contributed by atoms with E-state index in [-0.39, 0.29) is 6.10 Å². The fraction of sp³-hybridized carbons (Fsp3) is 0.571. The number of nitrogens with one attached hydrogen (secondary N) is 2. The smallest absolute Gasteiger partial charge is 0.229 e. The summed E-state index contributed by atoms with van der Waals surface area (Å²) >= 11 is 0. The molecule has 1 fully saturated rings. The van der Waals surface area contributed by atoms with Crippen molar-refractivity contribution in [3.05, 3.63) is 24.3 Å². The van der Waals surface area contributed by atoms with Crippen molar-refractivity contribution in [1.82, 2.24) is 0 Å². The van der Waals surface area contributed by atoms with E-state index in [0.717, 1.165) is 37.6 Å². The number of hydrogen-bond donors (Lipinski definition) is 2. The number of rotatable bonds is 5. The lowest BCUT2D eigenvalue weighted by molar-refractivity contribution is 0.0669. The molecule has 0 aliphatic heterocycles. The molecule has 0 amide bonds. The monoisotopic (exact) mass is 298 g/mol. The number of para-hydroxylation sites is 2. The van der Waals surface area contributed by atoms with Crippen molar-refractivity contribution in [2.24, 2.45) is 0 Å². The highest BCUT2D eigenvalue weighted by Gasteiger charge is 2.22. The van der Waals surface area contributed by atoms with Crippen LogP contribution in [0.4, 0.5) is 11.4 Å². The summed E-state index contributed by atoms with van der Waals surface area (Å²) in [6, 6.07) is 7.68. The lowest BCUT2D eigenvalue weighted by Gasteiger charge is -2.30. The van der Waals surface area contributed by atoms with Crippen LogP contribution in [-0.2, 0) is 14.8 Å². The van der Waals surface area contributed by atoms with Crippen LogP contribution >= 0.6 is 0 Å². The third kappa shape index (κ3) is 4.38. The molecule has 2 N–H and O–H groups in total. The van der Waals surface area contributed by atoms with Gasteiger partial charge in [-0.25, -0.2) is 8.42 Å². The third-order valence-corrected chi connectivity index (χ3v) is 4.13. The van der Waals surface area contributed by atoms with Gasteiger partial charge < -0.3 is 10.1 Å². The topological polar surface area (TPSA) is 67.4 Å². The first-order chi connectivity index (χ1) is 9.48. The highest BCUT2D eigenvalue weighted by molar-refractivity contribution is 7.92. The van der Waals surface area contributed by atoms with Gasteiger partial charge in [-0.2, -0.15) is 0 Å². The Hall–Kier alpha value is -1.27. The second kappa shape index (κ2) is 6.45. The maximum Gasteiger partial charge on any atom is 0.229 e. The molecule has 6 heteroatoms. The summed E-state index contributed by atoms with van der Waals surface area (Å²) in [4.78, 5) is 0. The Morgan fingerprint density at radius 2 is 1.90 bits per heavy atom. The lowest BCUT2D eigenvalue weighted by Crippen LogP contribution is -2.31. The van der Waals surface area contributed by atoms with Crippen LogP contribution < -0.4 is 10.0 Å². The molecule has 5 nitrogen and oxygen atoms in total. The largest absolute Gasteiger partial charge is 0.381 e. The maximum absolute atomic E-state index is 11.4. The number of methoxy groups -OCH3 is 1. The second-order valence-electron chi connectivity index (χ2n) is 5.29. The lowest BCUT2D eigenvalue weighted by atomic mass is 9.92. The number of benzene rings is 1. The first-order valence-electron chi connectivity index (χ1n) is 6.84. The van der Waals surface area contributed by atoms with E-state index in [1.807, 2.05) is 18.2 Å². The highest BCUT2D eigenvalue weighted by atomic mass is 32.2. The molecule has 0 aromatic heterocycles. The van der Waals surface area contributed by atoms with Crippen LogP contribution in [0.2, 0.25) is 0 Å². The van der Waals surface area contributed by atoms with Gasteiger partial charge in [-0.1, -0.05) is 12.1 Å². The zero-order valence-electron chi connectivity index (χ0n) is 11.9. The van der Waals surface area contributed by atoms with Crippen molar-refractivity contribution in [2.45, 2.75) is 37.8 Å². The highest BCUT2D eigenvalue weighted by Crippen LogP contribution is 2.28. The summed E-state index contributed by atoms with van der Waals surface area (Å²) in [5.41, 5.74) is 1.41. The minimum absolute atomic E-state index is 0.288. The molecule has 1 aromatic carbocycles. The molecule has 1 aliphatic rings. The van der Waals surface area contributed by atoms with Gasteiger partial charge in [0.15, 0.2) is 0 Å². The molecule has 1 aliphatic carbocycles. The Balaban J connectivity index is 2.09. The van der Waals surface area contributed by atoms with Crippen molar-refractivity contribution >= 4 is 21.4 Å². The van der Waals surface area contributed by atoms with Crippen molar-refractivity contribution < 1.29 is 13.2 Å². The standard InChI is InChI=1S/C14H22N2O3S/c1-19-12-7-5-6-11(10-12)15-13-8-3-4-9-14(13)16-20(2,17)18/h3-4,8-9,11-12,15-16H,5-7,10H2,1-2H3. The summed E-state index contributed by atoms with van der Waals surface area (Å²) in [7, 11) is -1.53. The maximum atomic E-state index is 11.4. The van der Waals surface area contributed by atoms with E-state index in [9.17, 15) is 8.42 Å². The zero-order chi connectivity index (χ0) is 14.6. The van der Waals surface area contributed by atoms with E-state index in [1.165, 1.54) is 0 Å². The molecular weight excluding hydrogens is 276 g/mol. The molecule has 112 valence electrons. The summed E-state index contributed by atoms with van der Waals surface area (Å²) in [5.74, 6) is 0. The van der Waals surface area contributed by atoms with E-state index >= 15 is 0 Å². The summed E-state index contributed by atoms with van der Waals surface area (Å²) < 4.78 is 30.7. The summed E-state index contributed by atoms with van der Waals surface area (Å²) in [5, 5.41) is 3.43. The van der Waals surface area contributed by atoms with Crippen molar-refractivity contribution in [2.75, 3.05) is 23.4 Å². The van der Waals surface area contributed by atoms with Gasteiger partial charge in [0.05, 0.1) is 23.7 Å². The first-order valence-corrected chi connectivity index (χ1v) is 8.73. The van der Waals surface area contributed by atoms with Crippen LogP contribution in [0, 0.1) is 0 Å². The summed E-state index contributed by atoms with van der Waals surface area (Å²) in [6.07, 6.45) is 5.69. The third-order valence-electron chi connectivity index (χ3n) is 3.54. The van der Waals surface area contributed by atoms with E-state index in [0.29, 0.717) is 11.7 Å². The molecule has 1 saturated carbocycles. The van der Waals surface area contributed by atoms with Crippen LogP contribution in [0.1, 0.15) is 25.7 Å². The zero-order valence-corrected chi connectivity index (χ0v) is 12.7. The second-order valence-corrected chi connectivity index (χ2v) is 7.03. The van der Waals surface area contributed by atoms with Crippen LogP contribution in [0.15, 0.2) is 24.3 Å². The molecule has 0 spiro atoms. The minimum atomic E-state index is -3.27. The number of anilines is 2. The van der Waals surface area contributed by atoms with Gasteiger partial charge in [0.1, 0.15) is 0 Å². The van der Waals surface area contributed by atoms with Gasteiger partial charge in [-0.3, -0.25) is 4.72 Å². The fourth-order valence-corrected chi connectivity index (χ4v) is 3.19. The van der Waals surface area contributed by atoms with Crippen molar-refractivity contribution in [3.8, 4) is 0 Å². The predicted molar refractivity (Wildman–Crippen MR) is 81.6 cm³/mol.